The van der Waals surface area contributed by atoms with Gasteiger partial charge in [-0.15, -0.1) is 0 Å². The van der Waals surface area contributed by atoms with Gasteiger partial charge in [0.25, 0.3) is 5.91 Å². The first-order valence-corrected chi connectivity index (χ1v) is 17.2. The maximum absolute atomic E-state index is 14.4. The fraction of sp³-hybridized carbons (Fsp3) is 0.500. The van der Waals surface area contributed by atoms with Crippen LogP contribution in [0.3, 0.4) is 0 Å². The van der Waals surface area contributed by atoms with Crippen molar-refractivity contribution in [3.05, 3.63) is 53.4 Å². The van der Waals surface area contributed by atoms with E-state index in [0.717, 1.165) is 12.8 Å². The van der Waals surface area contributed by atoms with E-state index in [1.54, 1.807) is 74.0 Å². The first-order valence-electron chi connectivity index (χ1n) is 17.2. The molecule has 15 nitrogen and oxygen atoms in total. The third-order valence-corrected chi connectivity index (χ3v) is 9.01. The molecule has 4 N–H and O–H groups in total. The number of nitrogens with zero attached hydrogens (tertiary/aromatic N) is 3. The molecule has 3 heterocycles. The molecule has 0 aliphatic carbocycles. The number of carbonyl (C=O) groups is 3. The van der Waals surface area contributed by atoms with Crippen LogP contribution in [-0.4, -0.2) is 96.4 Å². The van der Waals surface area contributed by atoms with Crippen LogP contribution in [0.2, 0.25) is 0 Å². The Morgan fingerprint density at radius 3 is 2.47 bits per heavy atom. The summed E-state index contributed by atoms with van der Waals surface area (Å²) >= 11 is 0. The minimum absolute atomic E-state index is 0.134. The van der Waals surface area contributed by atoms with Crippen molar-refractivity contribution >= 4 is 35.0 Å². The van der Waals surface area contributed by atoms with Gasteiger partial charge in [0.15, 0.2) is 17.3 Å². The molecule has 0 saturated heterocycles. The molecule has 3 aromatic rings. The van der Waals surface area contributed by atoms with Crippen molar-refractivity contribution in [2.75, 3.05) is 56.1 Å². The highest BCUT2D eigenvalue weighted by Crippen LogP contribution is 2.34. The van der Waals surface area contributed by atoms with Crippen molar-refractivity contribution in [1.82, 2.24) is 15.0 Å². The van der Waals surface area contributed by atoms with Crippen LogP contribution in [-0.2, 0) is 4.74 Å². The van der Waals surface area contributed by atoms with Gasteiger partial charge in [0.1, 0.15) is 17.1 Å². The summed E-state index contributed by atoms with van der Waals surface area (Å²) in [6, 6.07) is 8.69. The number of hydrogen-bond donors (Lipinski definition) is 4. The summed E-state index contributed by atoms with van der Waals surface area (Å²) < 4.78 is 28.6. The summed E-state index contributed by atoms with van der Waals surface area (Å²) in [7, 11) is 1.69. The van der Waals surface area contributed by atoms with Crippen LogP contribution in [0.1, 0.15) is 61.8 Å². The number of fused-ring (bicyclic) bond motifs is 2. The zero-order valence-electron chi connectivity index (χ0n) is 30.0. The van der Waals surface area contributed by atoms with E-state index < -0.39 is 18.2 Å². The molecule has 51 heavy (non-hydrogen) atoms. The summed E-state index contributed by atoms with van der Waals surface area (Å²) in [5.74, 6) is 1.38. The Balaban J connectivity index is 1.35. The number of anilines is 3. The Kier molecular flexibility index (Phi) is 12.3. The molecule has 1 aromatic heterocycles. The minimum Gasteiger partial charge on any atom is -0.490 e. The standard InChI is InChI=1S/C36H48N6O9/c1-21-17-42(22(2)19-43)34(44)28-15-26(37-35(45)39-33-24(4)40-51-25(33)5)10-12-29(28)50-23(3)9-7-8-14-47-32(21)18-41(6)36(46)38-27-11-13-30-31(16-27)49-20-48-30/h10-13,15-16,21-23,32,43H,7-9,14,17-20H2,1-6H3,(H,38,46)(H2,37,39,45)/t21-,22+,23-,32-/m1/s1. The summed E-state index contributed by atoms with van der Waals surface area (Å²) in [5.41, 5.74) is 2.16. The SMILES string of the molecule is Cc1noc(C)c1NC(=O)Nc1ccc2c(c1)C(=O)N([C@@H](C)CO)C[C@@H](C)[C@@H](CN(C)C(=O)Nc1ccc3c(c1)OCO3)OCCCC[C@@H](C)O2. The van der Waals surface area contributed by atoms with Crippen LogP contribution in [0.15, 0.2) is 40.9 Å². The van der Waals surface area contributed by atoms with Crippen LogP contribution in [0.25, 0.3) is 0 Å². The van der Waals surface area contributed by atoms with Crippen LogP contribution in [0.5, 0.6) is 17.2 Å². The molecule has 0 bridgehead atoms. The number of rotatable bonds is 7. The highest BCUT2D eigenvalue weighted by molar-refractivity contribution is 6.03. The Labute approximate surface area is 297 Å². The summed E-state index contributed by atoms with van der Waals surface area (Å²) in [6.45, 7) is 9.84. The highest BCUT2D eigenvalue weighted by atomic mass is 16.7. The monoisotopic (exact) mass is 708 g/mol. The van der Waals surface area contributed by atoms with Crippen LogP contribution in [0, 0.1) is 19.8 Å². The molecule has 4 atom stereocenters. The number of likely N-dealkylation sites (N-methyl/N-ethyl adjacent to an activating group) is 1. The van der Waals surface area contributed by atoms with E-state index in [1.807, 2.05) is 13.8 Å². The molecule has 276 valence electrons. The predicted molar refractivity (Wildman–Crippen MR) is 190 cm³/mol. The van der Waals surface area contributed by atoms with Gasteiger partial charge >= 0.3 is 12.1 Å². The van der Waals surface area contributed by atoms with Crippen molar-refractivity contribution in [3.8, 4) is 17.2 Å². The quantitative estimate of drug-likeness (QED) is 0.241. The van der Waals surface area contributed by atoms with E-state index in [9.17, 15) is 19.5 Å². The average Bonchev–Trinajstić information content (AvgIpc) is 3.70. The van der Waals surface area contributed by atoms with E-state index in [1.165, 1.54) is 0 Å². The summed E-state index contributed by atoms with van der Waals surface area (Å²) in [4.78, 5) is 43.7. The molecular weight excluding hydrogens is 660 g/mol. The van der Waals surface area contributed by atoms with Crippen molar-refractivity contribution in [1.29, 1.82) is 0 Å². The lowest BCUT2D eigenvalue weighted by molar-refractivity contribution is -0.0115. The fourth-order valence-corrected chi connectivity index (χ4v) is 5.95. The van der Waals surface area contributed by atoms with Crippen molar-refractivity contribution in [3.63, 3.8) is 0 Å². The van der Waals surface area contributed by atoms with Gasteiger partial charge in [-0.25, -0.2) is 9.59 Å². The third kappa shape index (κ3) is 9.41. The second-order valence-electron chi connectivity index (χ2n) is 13.2. The maximum Gasteiger partial charge on any atom is 0.323 e. The highest BCUT2D eigenvalue weighted by Gasteiger charge is 2.31. The van der Waals surface area contributed by atoms with Crippen LogP contribution >= 0.6 is 0 Å². The lowest BCUT2D eigenvalue weighted by atomic mass is 10.0. The van der Waals surface area contributed by atoms with E-state index in [2.05, 4.69) is 21.1 Å². The number of aromatic nitrogens is 1. The molecule has 5 rings (SSSR count). The van der Waals surface area contributed by atoms with Gasteiger partial charge in [-0.2, -0.15) is 0 Å². The van der Waals surface area contributed by atoms with Gasteiger partial charge in [-0.05, 0) is 77.3 Å². The van der Waals surface area contributed by atoms with E-state index in [-0.39, 0.29) is 56.0 Å². The van der Waals surface area contributed by atoms with E-state index >= 15 is 0 Å². The molecular formula is C36H48N6O9. The third-order valence-electron chi connectivity index (χ3n) is 9.01. The van der Waals surface area contributed by atoms with E-state index in [0.29, 0.717) is 58.8 Å². The number of ether oxygens (including phenoxy) is 4. The molecule has 5 amide bonds. The first-order chi connectivity index (χ1) is 24.4. The molecule has 0 saturated carbocycles. The molecule has 0 spiro atoms. The van der Waals surface area contributed by atoms with Gasteiger partial charge in [0.2, 0.25) is 6.79 Å². The van der Waals surface area contributed by atoms with Crippen molar-refractivity contribution in [2.24, 2.45) is 5.92 Å². The van der Waals surface area contributed by atoms with Crippen LogP contribution in [0.4, 0.5) is 26.7 Å². The number of hydrogen-bond acceptors (Lipinski definition) is 10. The number of benzene rings is 2. The number of urea groups is 2. The Morgan fingerprint density at radius 1 is 1.02 bits per heavy atom. The smallest absolute Gasteiger partial charge is 0.323 e. The normalized spacial score (nSPS) is 20.0. The van der Waals surface area contributed by atoms with Gasteiger partial charge in [0, 0.05) is 50.1 Å². The van der Waals surface area contributed by atoms with Crippen molar-refractivity contribution in [2.45, 2.75) is 72.1 Å². The summed E-state index contributed by atoms with van der Waals surface area (Å²) in [5, 5.41) is 22.6. The molecule has 2 aliphatic heterocycles. The lowest BCUT2D eigenvalue weighted by Gasteiger charge is -2.35. The first kappa shape index (κ1) is 37.2. The van der Waals surface area contributed by atoms with Gasteiger partial charge in [0.05, 0.1) is 30.4 Å². The Hall–Kier alpha value is -5.02. The zero-order valence-corrected chi connectivity index (χ0v) is 30.0. The van der Waals surface area contributed by atoms with Gasteiger partial charge in [-0.3, -0.25) is 4.79 Å². The van der Waals surface area contributed by atoms with Gasteiger partial charge < -0.3 is 54.3 Å². The number of nitrogens with one attached hydrogen (secondary N) is 3. The molecule has 2 aromatic carbocycles. The second-order valence-corrected chi connectivity index (χ2v) is 13.2. The Morgan fingerprint density at radius 2 is 1.75 bits per heavy atom. The molecule has 0 radical (unpaired) electrons. The van der Waals surface area contributed by atoms with E-state index in [4.69, 9.17) is 23.5 Å². The fourth-order valence-electron chi connectivity index (χ4n) is 5.95. The maximum atomic E-state index is 14.4. The van der Waals surface area contributed by atoms with Gasteiger partial charge in [-0.1, -0.05) is 12.1 Å². The largest absolute Gasteiger partial charge is 0.490 e. The lowest BCUT2D eigenvalue weighted by Crippen LogP contribution is -2.48. The molecule has 0 unspecified atom stereocenters. The summed E-state index contributed by atoms with van der Waals surface area (Å²) in [6.07, 6.45) is 1.66. The molecule has 0 fully saturated rings. The molecule has 15 heteroatoms. The zero-order chi connectivity index (χ0) is 36.7. The van der Waals surface area contributed by atoms with Crippen molar-refractivity contribution < 1.29 is 43.0 Å². The molecule has 2 aliphatic rings. The van der Waals surface area contributed by atoms with Crippen LogP contribution < -0.4 is 30.2 Å². The number of aliphatic hydroxyl groups is 1. The predicted octanol–water partition coefficient (Wildman–Crippen LogP) is 5.62. The Bertz CT molecular complexity index is 1680. The number of aryl methyl sites for hydroxylation is 2. The second kappa shape index (κ2) is 16.8. The minimum atomic E-state index is -0.565. The topological polar surface area (TPSA) is 177 Å². The number of amides is 5. The average molecular weight is 709 g/mol. The number of carbonyl (C=O) groups excluding carboxylic acids is 3. The number of aliphatic hydroxyl groups excluding tert-OH is 1.